The minimum Gasteiger partial charge on any atom is -0.481 e. The molecule has 0 unspecified atom stereocenters. The standard InChI is InChI=1S/C37H63N15O13/c1-18(2)13-24(32(61)48-22(6-4-12-45-37(41)42)30(59)49-23(35(64)65)8-10-28(56)57)50-33(62)25(14-19-15-43-17-46-19)51-34(63)26(16-53)52-31(60)21(5-3-11-44-36(39)40)47-29(58)20(38)7-9-27(54)55/h15,17-18,20-26,53H,3-14,16,38H2,1-2H3,(H,43,46)(H,47,58)(H,48,61)(H,49,59)(H,50,62)(H,51,63)(H,52,60)(H,54,55)(H,56,57)(H,64,65)(H4,39,40,44)(H4,41,42,45)/t20-,21-,22-,23-,24-,25-,26-/m0/s1. The number of aliphatic carboxylic acids is 3. The number of carbonyl (C=O) groups excluding carboxylic acids is 6. The number of nitrogens with two attached hydrogens (primary N) is 5. The summed E-state index contributed by atoms with van der Waals surface area (Å²) >= 11 is 0. The average molecular weight is 926 g/mol. The van der Waals surface area contributed by atoms with Gasteiger partial charge in [-0.3, -0.25) is 48.3 Å². The summed E-state index contributed by atoms with van der Waals surface area (Å²) in [6.07, 6.45) is 0.605. The molecule has 0 bridgehead atoms. The zero-order chi connectivity index (χ0) is 49.2. The monoisotopic (exact) mass is 925 g/mol. The number of aromatic amines is 1. The number of nitrogens with one attached hydrogen (secondary N) is 7. The van der Waals surface area contributed by atoms with Crippen molar-refractivity contribution in [1.29, 1.82) is 0 Å². The Morgan fingerprint density at radius 3 is 1.51 bits per heavy atom. The van der Waals surface area contributed by atoms with Gasteiger partial charge in [-0.1, -0.05) is 13.8 Å². The summed E-state index contributed by atoms with van der Waals surface area (Å²) in [5, 5.41) is 52.3. The van der Waals surface area contributed by atoms with Crippen molar-refractivity contribution in [3.63, 3.8) is 0 Å². The number of amides is 6. The number of aromatic nitrogens is 2. The molecule has 0 radical (unpaired) electrons. The second kappa shape index (κ2) is 29.3. The third kappa shape index (κ3) is 23.2. The Kier molecular flexibility index (Phi) is 25.2. The molecule has 65 heavy (non-hydrogen) atoms. The van der Waals surface area contributed by atoms with E-state index in [0.29, 0.717) is 5.69 Å². The quantitative estimate of drug-likeness (QED) is 0.0182. The third-order valence-electron chi connectivity index (χ3n) is 9.19. The first kappa shape index (κ1) is 55.9. The summed E-state index contributed by atoms with van der Waals surface area (Å²) in [7, 11) is 0. The number of hydrogen-bond acceptors (Lipinski definition) is 14. The number of carbonyl (C=O) groups is 9. The summed E-state index contributed by atoms with van der Waals surface area (Å²) in [5.41, 5.74) is 27.6. The maximum absolute atomic E-state index is 14.0. The van der Waals surface area contributed by atoms with Gasteiger partial charge in [0, 0.05) is 44.2 Å². The molecular formula is C37H63N15O13. The normalized spacial score (nSPS) is 14.1. The van der Waals surface area contributed by atoms with E-state index < -0.39 is 122 Å². The SMILES string of the molecule is CC(C)C[C@H](NC(=O)[C@H](Cc1cnc[nH]1)NC(=O)[C@H](CO)NC(=O)[C@H](CCCN=C(N)N)NC(=O)[C@@H](N)CCC(=O)O)C(=O)N[C@@H](CCCN=C(N)N)C(=O)N[C@@H](CCC(=O)O)C(=O)O. The number of imidazole rings is 1. The van der Waals surface area contributed by atoms with Gasteiger partial charge in [0.15, 0.2) is 11.9 Å². The molecule has 0 saturated heterocycles. The number of aliphatic hydroxyl groups is 1. The third-order valence-corrected chi connectivity index (χ3v) is 9.19. The maximum Gasteiger partial charge on any atom is 0.326 e. The van der Waals surface area contributed by atoms with Crippen molar-refractivity contribution in [3.05, 3.63) is 18.2 Å². The van der Waals surface area contributed by atoms with Crippen molar-refractivity contribution < 1.29 is 63.6 Å². The molecule has 7 atom stereocenters. The van der Waals surface area contributed by atoms with Gasteiger partial charge in [-0.15, -0.1) is 0 Å². The minimum absolute atomic E-state index is 0.0112. The van der Waals surface area contributed by atoms with Gasteiger partial charge in [-0.2, -0.15) is 0 Å². The zero-order valence-corrected chi connectivity index (χ0v) is 36.2. The van der Waals surface area contributed by atoms with Crippen molar-refractivity contribution in [2.45, 2.75) is 120 Å². The molecule has 21 N–H and O–H groups in total. The van der Waals surface area contributed by atoms with Gasteiger partial charge in [-0.25, -0.2) is 9.78 Å². The lowest BCUT2D eigenvalue weighted by Gasteiger charge is -2.28. The number of aliphatic hydroxyl groups excluding tert-OH is 1. The maximum atomic E-state index is 14.0. The lowest BCUT2D eigenvalue weighted by molar-refractivity contribution is -0.143. The molecule has 0 aliphatic carbocycles. The van der Waals surface area contributed by atoms with Crippen LogP contribution in [0.15, 0.2) is 22.5 Å². The predicted molar refractivity (Wildman–Crippen MR) is 230 cm³/mol. The van der Waals surface area contributed by atoms with Crippen LogP contribution in [0.3, 0.4) is 0 Å². The highest BCUT2D eigenvalue weighted by Crippen LogP contribution is 2.10. The number of nitrogens with zero attached hydrogens (tertiary/aromatic N) is 3. The molecule has 0 aliphatic rings. The van der Waals surface area contributed by atoms with Gasteiger partial charge < -0.3 is 86.0 Å². The molecule has 1 aromatic heterocycles. The summed E-state index contributed by atoms with van der Waals surface area (Å²) in [5.74, 6) is -10.5. The van der Waals surface area contributed by atoms with Gasteiger partial charge in [-0.05, 0) is 50.9 Å². The van der Waals surface area contributed by atoms with Crippen LogP contribution in [-0.4, -0.2) is 158 Å². The summed E-state index contributed by atoms with van der Waals surface area (Å²) in [4.78, 5) is 130. The number of guanidine groups is 2. The molecular weight excluding hydrogens is 862 g/mol. The highest BCUT2D eigenvalue weighted by atomic mass is 16.4. The van der Waals surface area contributed by atoms with Crippen LogP contribution in [0.5, 0.6) is 0 Å². The van der Waals surface area contributed by atoms with E-state index in [1.54, 1.807) is 13.8 Å². The fraction of sp³-hybridized carbons (Fsp3) is 0.622. The predicted octanol–water partition coefficient (Wildman–Crippen LogP) is -5.85. The molecule has 364 valence electrons. The molecule has 0 aromatic carbocycles. The van der Waals surface area contributed by atoms with E-state index in [-0.39, 0.29) is 75.9 Å². The average Bonchev–Trinajstić information content (AvgIpc) is 3.74. The Balaban J connectivity index is 3.39. The summed E-state index contributed by atoms with van der Waals surface area (Å²) < 4.78 is 0. The molecule has 1 aromatic rings. The van der Waals surface area contributed by atoms with E-state index in [4.69, 9.17) is 38.9 Å². The van der Waals surface area contributed by atoms with Crippen molar-refractivity contribution in [1.82, 2.24) is 41.9 Å². The first-order valence-electron chi connectivity index (χ1n) is 20.5. The lowest BCUT2D eigenvalue weighted by Crippen LogP contribution is -2.60. The number of hydrogen-bond donors (Lipinski definition) is 16. The van der Waals surface area contributed by atoms with Gasteiger partial charge in [0.1, 0.15) is 36.3 Å². The first-order valence-corrected chi connectivity index (χ1v) is 20.5. The Bertz CT molecular complexity index is 1820. The molecule has 0 spiro atoms. The zero-order valence-electron chi connectivity index (χ0n) is 36.2. The second-order valence-electron chi connectivity index (χ2n) is 15.2. The smallest absolute Gasteiger partial charge is 0.326 e. The Hall–Kier alpha value is -7.10. The topological polar surface area (TPSA) is 490 Å². The van der Waals surface area contributed by atoms with Gasteiger partial charge in [0.05, 0.1) is 19.0 Å². The van der Waals surface area contributed by atoms with Crippen molar-refractivity contribution >= 4 is 65.3 Å². The number of H-pyrrole nitrogens is 1. The van der Waals surface area contributed by atoms with Crippen LogP contribution in [0.25, 0.3) is 0 Å². The Labute approximate surface area is 373 Å². The Morgan fingerprint density at radius 1 is 0.615 bits per heavy atom. The molecule has 0 aliphatic heterocycles. The second-order valence-corrected chi connectivity index (χ2v) is 15.2. The van der Waals surface area contributed by atoms with Crippen LogP contribution in [0.1, 0.15) is 77.3 Å². The van der Waals surface area contributed by atoms with Gasteiger partial charge >= 0.3 is 17.9 Å². The van der Waals surface area contributed by atoms with E-state index in [1.165, 1.54) is 12.5 Å². The van der Waals surface area contributed by atoms with Crippen molar-refractivity contribution in [3.8, 4) is 0 Å². The number of aliphatic imine (C=N–C) groups is 2. The number of carboxylic acids is 3. The van der Waals surface area contributed by atoms with Crippen LogP contribution < -0.4 is 60.6 Å². The first-order chi connectivity index (χ1) is 30.5. The van der Waals surface area contributed by atoms with Crippen LogP contribution in [0, 0.1) is 5.92 Å². The fourth-order valence-corrected chi connectivity index (χ4v) is 5.84. The van der Waals surface area contributed by atoms with E-state index >= 15 is 0 Å². The molecule has 28 nitrogen and oxygen atoms in total. The minimum atomic E-state index is -1.73. The van der Waals surface area contributed by atoms with E-state index in [0.717, 1.165) is 0 Å². The van der Waals surface area contributed by atoms with E-state index in [1.807, 2.05) is 0 Å². The molecule has 0 fully saturated rings. The van der Waals surface area contributed by atoms with Gasteiger partial charge in [0.25, 0.3) is 0 Å². The molecule has 6 amide bonds. The van der Waals surface area contributed by atoms with Crippen LogP contribution in [0.4, 0.5) is 0 Å². The number of carboxylic acid groups (broad SMARTS) is 3. The van der Waals surface area contributed by atoms with Crippen LogP contribution >= 0.6 is 0 Å². The summed E-state index contributed by atoms with van der Waals surface area (Å²) in [6.45, 7) is 2.49. The van der Waals surface area contributed by atoms with Gasteiger partial charge in [0.2, 0.25) is 35.4 Å². The fourth-order valence-electron chi connectivity index (χ4n) is 5.84. The molecule has 1 rings (SSSR count). The van der Waals surface area contributed by atoms with E-state index in [9.17, 15) is 53.4 Å². The lowest BCUT2D eigenvalue weighted by atomic mass is 10.0. The largest absolute Gasteiger partial charge is 0.481 e. The highest BCUT2D eigenvalue weighted by molar-refractivity contribution is 5.97. The summed E-state index contributed by atoms with van der Waals surface area (Å²) in [6, 6.07) is -10.4. The number of rotatable bonds is 32. The Morgan fingerprint density at radius 2 is 1.05 bits per heavy atom. The highest BCUT2D eigenvalue weighted by Gasteiger charge is 2.34. The van der Waals surface area contributed by atoms with Crippen molar-refractivity contribution in [2.24, 2.45) is 44.6 Å². The van der Waals surface area contributed by atoms with Crippen LogP contribution in [-0.2, 0) is 49.6 Å². The molecule has 28 heteroatoms. The molecule has 1 heterocycles. The van der Waals surface area contributed by atoms with E-state index in [2.05, 4.69) is 51.9 Å². The van der Waals surface area contributed by atoms with Crippen LogP contribution in [0.2, 0.25) is 0 Å². The molecule has 0 saturated carbocycles. The van der Waals surface area contributed by atoms with Crippen molar-refractivity contribution in [2.75, 3.05) is 19.7 Å².